The number of aryl methyl sites for hydroxylation is 3. The van der Waals surface area contributed by atoms with Crippen molar-refractivity contribution in [1.29, 1.82) is 0 Å². The van der Waals surface area contributed by atoms with Gasteiger partial charge in [-0.1, -0.05) is 12.1 Å². The Hall–Kier alpha value is -3.46. The number of rotatable bonds is 5. The maximum absolute atomic E-state index is 15.3. The highest BCUT2D eigenvalue weighted by atomic mass is 19.3. The number of aromatic nitrogens is 3. The lowest BCUT2D eigenvalue weighted by molar-refractivity contribution is -0.170. The van der Waals surface area contributed by atoms with Crippen LogP contribution >= 0.6 is 0 Å². The SMILES string of the molecule is Cc1nc(N[C@H](C)c2cccc(C(F)(F)C(C)(C)O)c2F)c2cc3c(cc(C)c(=O)n3C)cc2n1. The molecule has 2 N–H and O–H groups in total. The van der Waals surface area contributed by atoms with Gasteiger partial charge in [-0.25, -0.2) is 14.4 Å². The number of nitrogens with one attached hydrogen (secondary N) is 1. The maximum Gasteiger partial charge on any atom is 0.303 e. The van der Waals surface area contributed by atoms with Crippen LogP contribution in [0.5, 0.6) is 0 Å². The molecule has 4 aromatic rings. The number of alkyl halides is 2. The maximum atomic E-state index is 15.3. The quantitative estimate of drug-likeness (QED) is 0.377. The molecule has 0 aliphatic heterocycles. The minimum absolute atomic E-state index is 0.000320. The van der Waals surface area contributed by atoms with E-state index < -0.39 is 28.9 Å². The average molecular weight is 485 g/mol. The van der Waals surface area contributed by atoms with E-state index in [-0.39, 0.29) is 11.1 Å². The lowest BCUT2D eigenvalue weighted by Crippen LogP contribution is -2.41. The van der Waals surface area contributed by atoms with Crippen LogP contribution in [0.2, 0.25) is 0 Å². The lowest BCUT2D eigenvalue weighted by Gasteiger charge is -2.30. The largest absolute Gasteiger partial charge is 0.384 e. The van der Waals surface area contributed by atoms with Gasteiger partial charge in [0.25, 0.3) is 5.56 Å². The summed E-state index contributed by atoms with van der Waals surface area (Å²) >= 11 is 0. The van der Waals surface area contributed by atoms with Gasteiger partial charge in [-0.05, 0) is 58.9 Å². The van der Waals surface area contributed by atoms with Crippen LogP contribution in [0.4, 0.5) is 19.0 Å². The number of pyridine rings is 1. The molecule has 2 heterocycles. The van der Waals surface area contributed by atoms with Crippen molar-refractivity contribution in [1.82, 2.24) is 14.5 Å². The van der Waals surface area contributed by atoms with E-state index in [4.69, 9.17) is 0 Å². The van der Waals surface area contributed by atoms with Crippen molar-refractivity contribution in [3.8, 4) is 0 Å². The highest BCUT2D eigenvalue weighted by Gasteiger charge is 2.49. The van der Waals surface area contributed by atoms with E-state index in [1.165, 1.54) is 12.1 Å². The Morgan fingerprint density at radius 2 is 1.80 bits per heavy atom. The van der Waals surface area contributed by atoms with E-state index >= 15 is 4.39 Å². The fourth-order valence-electron chi connectivity index (χ4n) is 4.22. The van der Waals surface area contributed by atoms with Crippen LogP contribution in [0.3, 0.4) is 0 Å². The van der Waals surface area contributed by atoms with Gasteiger partial charge in [0, 0.05) is 28.9 Å². The summed E-state index contributed by atoms with van der Waals surface area (Å²) in [5, 5.41) is 14.5. The normalized spacial score (nSPS) is 13.4. The number of anilines is 1. The third-order valence-corrected chi connectivity index (χ3v) is 6.29. The topological polar surface area (TPSA) is 80.0 Å². The van der Waals surface area contributed by atoms with E-state index in [1.54, 1.807) is 44.5 Å². The molecule has 0 radical (unpaired) electrons. The minimum Gasteiger partial charge on any atom is -0.384 e. The van der Waals surface area contributed by atoms with Crippen molar-refractivity contribution in [2.75, 3.05) is 5.32 Å². The summed E-state index contributed by atoms with van der Waals surface area (Å²) in [6.07, 6.45) is 0. The Labute approximate surface area is 200 Å². The Kier molecular flexibility index (Phi) is 5.87. The fraction of sp³-hybridized carbons (Fsp3) is 0.346. The lowest BCUT2D eigenvalue weighted by atomic mass is 9.91. The monoisotopic (exact) mass is 484 g/mol. The summed E-state index contributed by atoms with van der Waals surface area (Å²) in [5.74, 6) is -4.05. The molecule has 35 heavy (non-hydrogen) atoms. The summed E-state index contributed by atoms with van der Waals surface area (Å²) in [5.41, 5.74) is -1.54. The third kappa shape index (κ3) is 4.14. The number of halogens is 3. The summed E-state index contributed by atoms with van der Waals surface area (Å²) in [6.45, 7) is 6.98. The summed E-state index contributed by atoms with van der Waals surface area (Å²) in [6, 6.07) is 8.41. The molecular formula is C26H27F3N4O2. The summed E-state index contributed by atoms with van der Waals surface area (Å²) < 4.78 is 46.3. The van der Waals surface area contributed by atoms with Gasteiger partial charge in [-0.3, -0.25) is 4.79 Å². The van der Waals surface area contributed by atoms with Crippen LogP contribution in [0.15, 0.2) is 41.2 Å². The zero-order chi connectivity index (χ0) is 25.9. The number of hydrogen-bond donors (Lipinski definition) is 2. The molecule has 1 atom stereocenters. The molecule has 6 nitrogen and oxygen atoms in total. The van der Waals surface area contributed by atoms with Gasteiger partial charge in [0.2, 0.25) is 0 Å². The van der Waals surface area contributed by atoms with E-state index in [1.807, 2.05) is 6.07 Å². The van der Waals surface area contributed by atoms with Gasteiger partial charge in [0.15, 0.2) is 0 Å². The summed E-state index contributed by atoms with van der Waals surface area (Å²) in [4.78, 5) is 21.4. The van der Waals surface area contributed by atoms with Crippen molar-refractivity contribution < 1.29 is 18.3 Å². The Morgan fingerprint density at radius 1 is 1.11 bits per heavy atom. The van der Waals surface area contributed by atoms with E-state index in [2.05, 4.69) is 15.3 Å². The van der Waals surface area contributed by atoms with Crippen molar-refractivity contribution in [2.24, 2.45) is 7.05 Å². The number of fused-ring (bicyclic) bond motifs is 2. The van der Waals surface area contributed by atoms with E-state index in [0.29, 0.717) is 33.6 Å². The highest BCUT2D eigenvalue weighted by Crippen LogP contribution is 2.41. The van der Waals surface area contributed by atoms with Crippen LogP contribution in [0.25, 0.3) is 21.8 Å². The standard InChI is InChI=1S/C26H27F3N4O2/c1-13-10-16-11-20-18(12-21(16)33(6)24(13)34)23(32-15(3)31-20)30-14(2)17-8-7-9-19(22(17)27)26(28,29)25(4,5)35/h7-12,14,35H,1-6H3,(H,30,31,32)/t14-/m1/s1. The number of hydrogen-bond acceptors (Lipinski definition) is 5. The van der Waals surface area contributed by atoms with Crippen LogP contribution < -0.4 is 10.9 Å². The predicted molar refractivity (Wildman–Crippen MR) is 130 cm³/mol. The molecule has 0 aliphatic rings. The second-order valence-electron chi connectivity index (χ2n) is 9.45. The molecule has 4 rings (SSSR count). The second-order valence-corrected chi connectivity index (χ2v) is 9.45. The molecule has 2 aromatic carbocycles. The molecule has 0 aliphatic carbocycles. The highest BCUT2D eigenvalue weighted by molar-refractivity contribution is 6.00. The number of nitrogens with zero attached hydrogens (tertiary/aromatic N) is 3. The van der Waals surface area contributed by atoms with Gasteiger partial charge in [0.05, 0.1) is 22.6 Å². The number of benzene rings is 2. The Balaban J connectivity index is 1.83. The predicted octanol–water partition coefficient (Wildman–Crippen LogP) is 5.27. The minimum atomic E-state index is -3.80. The first-order valence-corrected chi connectivity index (χ1v) is 11.2. The first-order chi connectivity index (χ1) is 16.2. The van der Waals surface area contributed by atoms with Gasteiger partial charge in [-0.2, -0.15) is 8.78 Å². The summed E-state index contributed by atoms with van der Waals surface area (Å²) in [7, 11) is 1.68. The molecule has 9 heteroatoms. The van der Waals surface area contributed by atoms with Crippen molar-refractivity contribution in [3.63, 3.8) is 0 Å². The molecule has 0 saturated carbocycles. The van der Waals surface area contributed by atoms with Crippen molar-refractivity contribution in [3.05, 3.63) is 75.1 Å². The van der Waals surface area contributed by atoms with Gasteiger partial charge in [0.1, 0.15) is 23.1 Å². The van der Waals surface area contributed by atoms with Crippen LogP contribution in [-0.4, -0.2) is 25.2 Å². The van der Waals surface area contributed by atoms with Gasteiger partial charge in [-0.15, -0.1) is 0 Å². The zero-order valence-corrected chi connectivity index (χ0v) is 20.4. The van der Waals surface area contributed by atoms with Crippen LogP contribution in [0.1, 0.15) is 49.3 Å². The molecule has 0 unspecified atom stereocenters. The first-order valence-electron chi connectivity index (χ1n) is 11.2. The van der Waals surface area contributed by atoms with Gasteiger partial charge < -0.3 is 15.0 Å². The van der Waals surface area contributed by atoms with Crippen molar-refractivity contribution >= 4 is 27.6 Å². The van der Waals surface area contributed by atoms with Gasteiger partial charge >= 0.3 is 5.92 Å². The third-order valence-electron chi connectivity index (χ3n) is 6.29. The molecule has 2 aromatic heterocycles. The number of aliphatic hydroxyl groups is 1. The Morgan fingerprint density at radius 3 is 2.46 bits per heavy atom. The van der Waals surface area contributed by atoms with Crippen LogP contribution in [0, 0.1) is 19.7 Å². The van der Waals surface area contributed by atoms with Crippen molar-refractivity contribution in [2.45, 2.75) is 52.2 Å². The molecule has 184 valence electrons. The van der Waals surface area contributed by atoms with E-state index in [9.17, 15) is 18.7 Å². The molecular weight excluding hydrogens is 457 g/mol. The molecule has 0 bridgehead atoms. The fourth-order valence-corrected chi connectivity index (χ4v) is 4.22. The average Bonchev–Trinajstić information content (AvgIpc) is 2.75. The Bertz CT molecular complexity index is 1520. The molecule has 0 saturated heterocycles. The smallest absolute Gasteiger partial charge is 0.303 e. The first kappa shape index (κ1) is 24.7. The van der Waals surface area contributed by atoms with Crippen LogP contribution in [-0.2, 0) is 13.0 Å². The molecule has 0 spiro atoms. The second kappa shape index (κ2) is 8.34. The van der Waals surface area contributed by atoms with E-state index in [0.717, 1.165) is 25.3 Å². The zero-order valence-electron chi connectivity index (χ0n) is 20.4. The molecule has 0 fully saturated rings. The molecule has 0 amide bonds.